The number of sulfonamides is 1. The number of carbonyl (C=O) groups excluding carboxylic acids is 1. The lowest BCUT2D eigenvalue weighted by Crippen LogP contribution is -2.43. The third-order valence-corrected chi connectivity index (χ3v) is 11.7. The average molecular weight is 509 g/mol. The van der Waals surface area contributed by atoms with Gasteiger partial charge in [-0.25, -0.2) is 22.2 Å². The topological polar surface area (TPSA) is 82.6 Å². The van der Waals surface area contributed by atoms with Gasteiger partial charge in [0.25, 0.3) is 11.8 Å². The van der Waals surface area contributed by atoms with Gasteiger partial charge in [0.05, 0.1) is 18.5 Å². The highest BCUT2D eigenvalue weighted by Crippen LogP contribution is 2.32. The van der Waals surface area contributed by atoms with Gasteiger partial charge in [-0.05, 0) is 42.4 Å². The van der Waals surface area contributed by atoms with Crippen LogP contribution in [0.15, 0.2) is 47.5 Å². The molecule has 0 aliphatic carbocycles. The van der Waals surface area contributed by atoms with Crippen LogP contribution in [0.3, 0.4) is 0 Å². The fourth-order valence-corrected chi connectivity index (χ4v) is 7.77. The van der Waals surface area contributed by atoms with E-state index in [9.17, 15) is 22.0 Å². The van der Waals surface area contributed by atoms with E-state index in [2.05, 4.69) is 28.3 Å². The van der Waals surface area contributed by atoms with Gasteiger partial charge in [0.15, 0.2) is 0 Å². The Labute approximate surface area is 200 Å². The van der Waals surface area contributed by atoms with E-state index < -0.39 is 36.9 Å². The van der Waals surface area contributed by atoms with Gasteiger partial charge in [-0.2, -0.15) is 4.31 Å². The second-order valence-electron chi connectivity index (χ2n) is 9.77. The highest BCUT2D eigenvalue weighted by atomic mass is 32.2. The average Bonchev–Trinajstić information content (AvgIpc) is 2.79. The Morgan fingerprint density at radius 2 is 1.74 bits per heavy atom. The molecule has 2 fully saturated rings. The molecule has 1 amide bonds. The highest BCUT2D eigenvalue weighted by Gasteiger charge is 2.38. The predicted molar refractivity (Wildman–Crippen MR) is 131 cm³/mol. The fourth-order valence-electron chi connectivity index (χ4n) is 4.29. The summed E-state index contributed by atoms with van der Waals surface area (Å²) in [4.78, 5) is 19.7. The summed E-state index contributed by atoms with van der Waals surface area (Å²) in [6, 6.07) is 11.6. The zero-order valence-corrected chi connectivity index (χ0v) is 21.2. The molecular formula is C23H30F2N4O3SSi. The van der Waals surface area contributed by atoms with Crippen LogP contribution >= 0.6 is 0 Å². The van der Waals surface area contributed by atoms with E-state index in [-0.39, 0.29) is 23.9 Å². The van der Waals surface area contributed by atoms with Crippen molar-refractivity contribution in [2.75, 3.05) is 36.4 Å². The number of benzene rings is 1. The number of nitrogens with one attached hydrogen (secondary N) is 1. The van der Waals surface area contributed by atoms with Crippen molar-refractivity contribution in [3.63, 3.8) is 0 Å². The lowest BCUT2D eigenvalue weighted by molar-refractivity contribution is -0.0412. The number of aromatic nitrogens is 1. The first-order valence-corrected chi connectivity index (χ1v) is 16.3. The third kappa shape index (κ3) is 5.47. The van der Waals surface area contributed by atoms with Gasteiger partial charge in [0.1, 0.15) is 5.82 Å². The van der Waals surface area contributed by atoms with E-state index in [0.717, 1.165) is 29.5 Å². The third-order valence-electron chi connectivity index (χ3n) is 6.63. The molecule has 11 heteroatoms. The SMILES string of the molecule is C[Si]1(C)CCN(c2ncccc2C(=O)Nc2cccc(S(=O)(=O)N3CCC(F)(F)CC3)c2)CC1. The highest BCUT2D eigenvalue weighted by molar-refractivity contribution is 7.89. The quantitative estimate of drug-likeness (QED) is 0.610. The first-order chi connectivity index (χ1) is 16.0. The number of amides is 1. The van der Waals surface area contributed by atoms with Crippen LogP contribution < -0.4 is 10.2 Å². The minimum atomic E-state index is -3.94. The molecule has 2 aliphatic rings. The van der Waals surface area contributed by atoms with Crippen LogP contribution in [0.25, 0.3) is 0 Å². The molecule has 0 radical (unpaired) electrons. The Hall–Kier alpha value is -2.37. The molecule has 3 heterocycles. The number of hydrogen-bond acceptors (Lipinski definition) is 5. The number of rotatable bonds is 5. The number of piperidine rings is 1. The van der Waals surface area contributed by atoms with Crippen LogP contribution in [0.1, 0.15) is 23.2 Å². The fraction of sp³-hybridized carbons (Fsp3) is 0.478. The van der Waals surface area contributed by atoms with Crippen LogP contribution in [-0.4, -0.2) is 63.8 Å². The van der Waals surface area contributed by atoms with Gasteiger partial charge in [0, 0.05) is 50.9 Å². The Kier molecular flexibility index (Phi) is 6.80. The second-order valence-corrected chi connectivity index (χ2v) is 17.0. The molecule has 1 N–H and O–H groups in total. The monoisotopic (exact) mass is 508 g/mol. The lowest BCUT2D eigenvalue weighted by Gasteiger charge is -2.36. The van der Waals surface area contributed by atoms with E-state index in [1.54, 1.807) is 24.4 Å². The molecular weight excluding hydrogens is 478 g/mol. The molecule has 2 saturated heterocycles. The Balaban J connectivity index is 1.51. The van der Waals surface area contributed by atoms with Crippen LogP contribution in [-0.2, 0) is 10.0 Å². The zero-order valence-electron chi connectivity index (χ0n) is 19.4. The van der Waals surface area contributed by atoms with Crippen LogP contribution in [0.2, 0.25) is 25.2 Å². The van der Waals surface area contributed by atoms with Crippen molar-refractivity contribution in [1.82, 2.24) is 9.29 Å². The zero-order chi connectivity index (χ0) is 24.6. The van der Waals surface area contributed by atoms with E-state index in [4.69, 9.17) is 0 Å². The van der Waals surface area contributed by atoms with Crippen molar-refractivity contribution in [1.29, 1.82) is 0 Å². The van der Waals surface area contributed by atoms with E-state index in [0.29, 0.717) is 17.1 Å². The van der Waals surface area contributed by atoms with Gasteiger partial charge in [-0.3, -0.25) is 4.79 Å². The van der Waals surface area contributed by atoms with Crippen molar-refractivity contribution in [2.45, 2.75) is 48.8 Å². The maximum atomic E-state index is 13.5. The Bertz CT molecular complexity index is 1160. The molecule has 1 aromatic heterocycles. The minimum absolute atomic E-state index is 0.0369. The van der Waals surface area contributed by atoms with Crippen LogP contribution in [0.5, 0.6) is 0 Å². The van der Waals surface area contributed by atoms with E-state index in [1.165, 1.54) is 18.2 Å². The van der Waals surface area contributed by atoms with Crippen molar-refractivity contribution in [3.05, 3.63) is 48.2 Å². The number of halogens is 2. The van der Waals surface area contributed by atoms with E-state index in [1.807, 2.05) is 0 Å². The molecule has 0 bridgehead atoms. The predicted octanol–water partition coefficient (Wildman–Crippen LogP) is 4.28. The van der Waals surface area contributed by atoms with Crippen molar-refractivity contribution >= 4 is 35.5 Å². The van der Waals surface area contributed by atoms with Gasteiger partial charge >= 0.3 is 0 Å². The minimum Gasteiger partial charge on any atom is -0.357 e. The second kappa shape index (κ2) is 9.35. The summed E-state index contributed by atoms with van der Waals surface area (Å²) in [6.07, 6.45) is 0.670. The van der Waals surface area contributed by atoms with Crippen molar-refractivity contribution < 1.29 is 22.0 Å². The van der Waals surface area contributed by atoms with Crippen molar-refractivity contribution in [2.24, 2.45) is 0 Å². The summed E-state index contributed by atoms with van der Waals surface area (Å²) in [5.74, 6) is -2.59. The van der Waals surface area contributed by atoms with Gasteiger partial charge in [0.2, 0.25) is 10.0 Å². The number of pyridine rings is 1. The molecule has 0 unspecified atom stereocenters. The molecule has 34 heavy (non-hydrogen) atoms. The summed E-state index contributed by atoms with van der Waals surface area (Å²) in [5.41, 5.74) is 0.741. The van der Waals surface area contributed by atoms with Crippen LogP contribution in [0, 0.1) is 0 Å². The van der Waals surface area contributed by atoms with Gasteiger partial charge in [-0.1, -0.05) is 19.2 Å². The summed E-state index contributed by atoms with van der Waals surface area (Å²) in [6.45, 7) is 5.98. The Morgan fingerprint density at radius 3 is 2.41 bits per heavy atom. The first-order valence-electron chi connectivity index (χ1n) is 11.5. The summed E-state index contributed by atoms with van der Waals surface area (Å²) >= 11 is 0. The molecule has 4 rings (SSSR count). The molecule has 0 saturated carbocycles. The summed E-state index contributed by atoms with van der Waals surface area (Å²) < 4.78 is 54.0. The van der Waals surface area contributed by atoms with Gasteiger partial charge < -0.3 is 10.2 Å². The molecule has 1 aromatic carbocycles. The normalized spacial score (nSPS) is 20.6. The Morgan fingerprint density at radius 1 is 1.06 bits per heavy atom. The number of hydrogen-bond donors (Lipinski definition) is 1. The lowest BCUT2D eigenvalue weighted by atomic mass is 10.1. The maximum absolute atomic E-state index is 13.5. The molecule has 0 spiro atoms. The molecule has 184 valence electrons. The van der Waals surface area contributed by atoms with Crippen LogP contribution in [0.4, 0.5) is 20.3 Å². The summed E-state index contributed by atoms with van der Waals surface area (Å²) in [5, 5.41) is 2.78. The molecule has 2 aliphatic heterocycles. The maximum Gasteiger partial charge on any atom is 0.259 e. The number of carbonyl (C=O) groups is 1. The molecule has 7 nitrogen and oxygen atoms in total. The number of anilines is 2. The largest absolute Gasteiger partial charge is 0.357 e. The standard InChI is InChI=1S/C23H30F2N4O3SSi/c1-34(2)15-13-28(14-16-34)21-20(7-4-10-26-21)22(30)27-18-5-3-6-19(17-18)33(31,32)29-11-8-23(24,25)9-12-29/h3-7,10,17H,8-9,11-16H2,1-2H3,(H,27,30). The number of alkyl halides is 2. The van der Waals surface area contributed by atoms with E-state index >= 15 is 0 Å². The first kappa shape index (κ1) is 24.7. The summed E-state index contributed by atoms with van der Waals surface area (Å²) in [7, 11) is -5.13. The van der Waals surface area contributed by atoms with Gasteiger partial charge in [-0.15, -0.1) is 0 Å². The molecule has 0 atom stereocenters. The number of nitrogens with zero attached hydrogens (tertiary/aromatic N) is 3. The smallest absolute Gasteiger partial charge is 0.259 e. The molecule has 2 aromatic rings. The van der Waals surface area contributed by atoms with Crippen molar-refractivity contribution in [3.8, 4) is 0 Å².